The minimum absolute atomic E-state index is 0.257. The first-order valence-electron chi connectivity index (χ1n) is 8.73. The van der Waals surface area contributed by atoms with E-state index in [4.69, 9.17) is 14.2 Å². The Morgan fingerprint density at radius 2 is 1.85 bits per heavy atom. The van der Waals surface area contributed by atoms with Crippen molar-refractivity contribution in [1.29, 1.82) is 0 Å². The molecule has 136 valence electrons. The lowest BCUT2D eigenvalue weighted by Gasteiger charge is -2.31. The predicted molar refractivity (Wildman–Crippen MR) is 96.8 cm³/mol. The molecule has 1 aromatic carbocycles. The van der Waals surface area contributed by atoms with E-state index >= 15 is 0 Å². The van der Waals surface area contributed by atoms with Crippen LogP contribution in [-0.4, -0.2) is 49.4 Å². The van der Waals surface area contributed by atoms with E-state index in [0.717, 1.165) is 18.9 Å². The second kappa shape index (κ2) is 7.21. The van der Waals surface area contributed by atoms with Crippen LogP contribution in [0.5, 0.6) is 11.5 Å². The number of benzene rings is 1. The van der Waals surface area contributed by atoms with Crippen LogP contribution in [-0.2, 0) is 9.53 Å². The Hall–Kier alpha value is -2.80. The standard InChI is InChI=1S/C19H21N3O4/c1-13-18(26-16-5-3-2-4-15(16)25-13)19(23)21-14-6-7-17(20-12-14)22-8-10-24-11-9-22/h2-7,12-13,18H,8-11H2,1H3,(H,21,23)/t13-,18+/m1/s1. The van der Waals surface area contributed by atoms with Crippen molar-refractivity contribution in [3.8, 4) is 11.5 Å². The highest BCUT2D eigenvalue weighted by atomic mass is 16.6. The molecule has 26 heavy (non-hydrogen) atoms. The Bertz CT molecular complexity index is 775. The molecule has 0 spiro atoms. The molecule has 4 rings (SSSR count). The van der Waals surface area contributed by atoms with Crippen LogP contribution in [0, 0.1) is 0 Å². The van der Waals surface area contributed by atoms with Gasteiger partial charge in [0.25, 0.3) is 5.91 Å². The molecule has 7 heteroatoms. The highest BCUT2D eigenvalue weighted by Gasteiger charge is 2.34. The van der Waals surface area contributed by atoms with Crippen molar-refractivity contribution in [2.45, 2.75) is 19.1 Å². The number of amides is 1. The summed E-state index contributed by atoms with van der Waals surface area (Å²) in [5.41, 5.74) is 0.627. The zero-order valence-electron chi connectivity index (χ0n) is 14.6. The van der Waals surface area contributed by atoms with E-state index in [-0.39, 0.29) is 12.0 Å². The molecule has 1 saturated heterocycles. The molecule has 0 radical (unpaired) electrons. The first-order valence-corrected chi connectivity index (χ1v) is 8.73. The summed E-state index contributed by atoms with van der Waals surface area (Å²) >= 11 is 0. The smallest absolute Gasteiger partial charge is 0.269 e. The number of para-hydroxylation sites is 2. The molecule has 1 amide bonds. The van der Waals surface area contributed by atoms with Crippen LogP contribution in [0.25, 0.3) is 0 Å². The first-order chi connectivity index (χ1) is 12.7. The van der Waals surface area contributed by atoms with E-state index in [0.29, 0.717) is 30.4 Å². The van der Waals surface area contributed by atoms with Crippen LogP contribution in [0.2, 0.25) is 0 Å². The van der Waals surface area contributed by atoms with Gasteiger partial charge in [-0.15, -0.1) is 0 Å². The number of nitrogens with zero attached hydrogens (tertiary/aromatic N) is 2. The first kappa shape index (κ1) is 16.7. The molecule has 2 atom stereocenters. The van der Waals surface area contributed by atoms with Crippen molar-refractivity contribution >= 4 is 17.4 Å². The Morgan fingerprint density at radius 3 is 2.54 bits per heavy atom. The van der Waals surface area contributed by atoms with E-state index in [2.05, 4.69) is 15.2 Å². The van der Waals surface area contributed by atoms with Gasteiger partial charge >= 0.3 is 0 Å². The number of rotatable bonds is 3. The maximum Gasteiger partial charge on any atom is 0.269 e. The minimum atomic E-state index is -0.719. The van der Waals surface area contributed by atoms with Gasteiger partial charge in [0, 0.05) is 13.1 Å². The molecular formula is C19H21N3O4. The lowest BCUT2D eigenvalue weighted by atomic mass is 10.1. The van der Waals surface area contributed by atoms with E-state index in [1.165, 1.54) is 0 Å². The molecule has 2 aromatic rings. The number of aromatic nitrogens is 1. The quantitative estimate of drug-likeness (QED) is 0.909. The van der Waals surface area contributed by atoms with E-state index in [1.54, 1.807) is 12.3 Å². The Morgan fingerprint density at radius 1 is 1.12 bits per heavy atom. The third-order valence-corrected chi connectivity index (χ3v) is 4.45. The maximum atomic E-state index is 12.6. The number of pyridine rings is 1. The highest BCUT2D eigenvalue weighted by Crippen LogP contribution is 2.33. The van der Waals surface area contributed by atoms with Gasteiger partial charge in [-0.25, -0.2) is 4.98 Å². The van der Waals surface area contributed by atoms with Gasteiger partial charge in [-0.2, -0.15) is 0 Å². The van der Waals surface area contributed by atoms with Gasteiger partial charge in [-0.05, 0) is 31.2 Å². The normalized spacial score (nSPS) is 22.0. The lowest BCUT2D eigenvalue weighted by Crippen LogP contribution is -2.46. The molecule has 0 unspecified atom stereocenters. The largest absolute Gasteiger partial charge is 0.482 e. The van der Waals surface area contributed by atoms with Crippen LogP contribution in [0.1, 0.15) is 6.92 Å². The number of carbonyl (C=O) groups is 1. The van der Waals surface area contributed by atoms with Crippen molar-refractivity contribution in [3.05, 3.63) is 42.6 Å². The summed E-state index contributed by atoms with van der Waals surface area (Å²) in [6.07, 6.45) is 0.555. The van der Waals surface area contributed by atoms with Crippen LogP contribution in [0.3, 0.4) is 0 Å². The number of anilines is 2. The fourth-order valence-electron chi connectivity index (χ4n) is 3.06. The average Bonchev–Trinajstić information content (AvgIpc) is 2.68. The van der Waals surface area contributed by atoms with Crippen LogP contribution in [0.4, 0.5) is 11.5 Å². The van der Waals surface area contributed by atoms with Gasteiger partial charge in [-0.3, -0.25) is 4.79 Å². The third-order valence-electron chi connectivity index (χ3n) is 4.45. The van der Waals surface area contributed by atoms with Crippen molar-refractivity contribution in [3.63, 3.8) is 0 Å². The number of morpholine rings is 1. The Labute approximate surface area is 151 Å². The second-order valence-electron chi connectivity index (χ2n) is 6.30. The molecule has 7 nitrogen and oxygen atoms in total. The second-order valence-corrected chi connectivity index (χ2v) is 6.30. The van der Waals surface area contributed by atoms with Crippen LogP contribution < -0.4 is 19.7 Å². The molecule has 0 saturated carbocycles. The van der Waals surface area contributed by atoms with Gasteiger partial charge in [0.15, 0.2) is 11.5 Å². The number of nitrogens with one attached hydrogen (secondary N) is 1. The summed E-state index contributed by atoms with van der Waals surface area (Å²) in [5, 5.41) is 2.85. The van der Waals surface area contributed by atoms with Crippen molar-refractivity contribution in [2.75, 3.05) is 36.5 Å². The summed E-state index contributed by atoms with van der Waals surface area (Å²) in [6, 6.07) is 11.1. The number of fused-ring (bicyclic) bond motifs is 1. The molecular weight excluding hydrogens is 334 g/mol. The molecule has 0 bridgehead atoms. The fourth-order valence-corrected chi connectivity index (χ4v) is 3.06. The lowest BCUT2D eigenvalue weighted by molar-refractivity contribution is -0.128. The van der Waals surface area contributed by atoms with Gasteiger partial charge in [0.05, 0.1) is 25.1 Å². The molecule has 1 N–H and O–H groups in total. The van der Waals surface area contributed by atoms with E-state index in [9.17, 15) is 4.79 Å². The Kier molecular flexibility index (Phi) is 4.62. The zero-order chi connectivity index (χ0) is 17.9. The molecule has 3 heterocycles. The number of hydrogen-bond donors (Lipinski definition) is 1. The molecule has 2 aliphatic rings. The van der Waals surface area contributed by atoms with Crippen molar-refractivity contribution in [1.82, 2.24) is 4.98 Å². The maximum absolute atomic E-state index is 12.6. The predicted octanol–water partition coefficient (Wildman–Crippen LogP) is 2.09. The number of carbonyl (C=O) groups excluding carboxylic acids is 1. The number of hydrogen-bond acceptors (Lipinski definition) is 6. The topological polar surface area (TPSA) is 72.9 Å². The fraction of sp³-hybridized carbons (Fsp3) is 0.368. The van der Waals surface area contributed by atoms with Crippen molar-refractivity contribution in [2.24, 2.45) is 0 Å². The van der Waals surface area contributed by atoms with Gasteiger partial charge in [-0.1, -0.05) is 12.1 Å². The third kappa shape index (κ3) is 3.43. The van der Waals surface area contributed by atoms with Gasteiger partial charge in [0.2, 0.25) is 6.10 Å². The summed E-state index contributed by atoms with van der Waals surface area (Å²) in [7, 11) is 0. The summed E-state index contributed by atoms with van der Waals surface area (Å²) in [5.74, 6) is 1.85. The van der Waals surface area contributed by atoms with E-state index < -0.39 is 6.10 Å². The van der Waals surface area contributed by atoms with Crippen LogP contribution in [0.15, 0.2) is 42.6 Å². The monoisotopic (exact) mass is 355 g/mol. The summed E-state index contributed by atoms with van der Waals surface area (Å²) < 4.78 is 16.9. The zero-order valence-corrected chi connectivity index (χ0v) is 14.6. The number of ether oxygens (including phenoxy) is 3. The van der Waals surface area contributed by atoms with E-state index in [1.807, 2.05) is 37.3 Å². The average molecular weight is 355 g/mol. The molecule has 1 fully saturated rings. The van der Waals surface area contributed by atoms with Gasteiger partial charge < -0.3 is 24.4 Å². The molecule has 2 aliphatic heterocycles. The summed E-state index contributed by atoms with van der Waals surface area (Å²) in [4.78, 5) is 19.2. The minimum Gasteiger partial charge on any atom is -0.482 e. The SMILES string of the molecule is C[C@H]1Oc2ccccc2O[C@@H]1C(=O)Nc1ccc(N2CCOCC2)nc1. The highest BCUT2D eigenvalue weighted by molar-refractivity contribution is 5.95. The molecule has 1 aromatic heterocycles. The summed E-state index contributed by atoms with van der Waals surface area (Å²) in [6.45, 7) is 4.88. The van der Waals surface area contributed by atoms with Gasteiger partial charge in [0.1, 0.15) is 11.9 Å². The van der Waals surface area contributed by atoms with Crippen molar-refractivity contribution < 1.29 is 19.0 Å². The van der Waals surface area contributed by atoms with Crippen LogP contribution >= 0.6 is 0 Å². The molecule has 0 aliphatic carbocycles. The Balaban J connectivity index is 1.41.